The number of rotatable bonds is 8. The van der Waals surface area contributed by atoms with Crippen molar-refractivity contribution in [3.05, 3.63) is 95.6 Å². The van der Waals surface area contributed by atoms with E-state index >= 15 is 0 Å². The van der Waals surface area contributed by atoms with Gasteiger partial charge in [0, 0.05) is 23.6 Å². The summed E-state index contributed by atoms with van der Waals surface area (Å²) in [5.41, 5.74) is -0.285. The van der Waals surface area contributed by atoms with E-state index in [1.165, 1.54) is 12.0 Å². The molecule has 0 radical (unpaired) electrons. The van der Waals surface area contributed by atoms with Crippen LogP contribution in [0.3, 0.4) is 0 Å². The fourth-order valence-corrected chi connectivity index (χ4v) is 6.11. The minimum Gasteiger partial charge on any atom is -0.493 e. The molecule has 2 fully saturated rings. The highest BCUT2D eigenvalue weighted by Gasteiger charge is 2.69. The monoisotopic (exact) mass is 542 g/mol. The quantitative estimate of drug-likeness (QED) is 0.407. The first-order chi connectivity index (χ1) is 19.1. The molecule has 0 spiro atoms. The van der Waals surface area contributed by atoms with E-state index in [2.05, 4.69) is 5.32 Å². The number of amides is 2. The number of ether oxygens (including phenoxy) is 2. The molecule has 40 heavy (non-hydrogen) atoms. The van der Waals surface area contributed by atoms with Crippen LogP contribution in [0.5, 0.6) is 11.5 Å². The van der Waals surface area contributed by atoms with Gasteiger partial charge in [-0.15, -0.1) is 0 Å². The fourth-order valence-electron chi connectivity index (χ4n) is 6.11. The maximum Gasteiger partial charge on any atom is 0.325 e. The van der Waals surface area contributed by atoms with Crippen molar-refractivity contribution in [3.63, 3.8) is 0 Å². The first-order valence-electron chi connectivity index (χ1n) is 13.3. The van der Waals surface area contributed by atoms with Crippen molar-refractivity contribution in [3.8, 4) is 11.5 Å². The van der Waals surface area contributed by atoms with Crippen molar-refractivity contribution < 1.29 is 29.0 Å². The number of methoxy groups -OCH3 is 1. The molecule has 8 heteroatoms. The lowest BCUT2D eigenvalue weighted by atomic mass is 9.76. The van der Waals surface area contributed by atoms with Crippen LogP contribution in [-0.4, -0.2) is 46.0 Å². The third-order valence-corrected chi connectivity index (χ3v) is 7.82. The van der Waals surface area contributed by atoms with E-state index in [4.69, 9.17) is 9.47 Å². The Kier molecular flexibility index (Phi) is 7.14. The minimum absolute atomic E-state index is 0.0298. The van der Waals surface area contributed by atoms with Crippen molar-refractivity contribution >= 4 is 17.8 Å². The summed E-state index contributed by atoms with van der Waals surface area (Å²) in [6.45, 7) is 5.59. The SMILES string of the molecule is COc1cccc(C2NC(Cc3ccccc3)(C(=O)O)C3C(=O)N(C(C)(C)C)C(=O)C23)c1OCc1ccccc1. The zero-order valence-electron chi connectivity index (χ0n) is 23.1. The lowest BCUT2D eigenvalue weighted by molar-refractivity contribution is -0.153. The van der Waals surface area contributed by atoms with Gasteiger partial charge in [-0.05, 0) is 38.0 Å². The Hall–Kier alpha value is -4.17. The Bertz CT molecular complexity index is 1420. The number of imide groups is 1. The Morgan fingerprint density at radius 1 is 0.925 bits per heavy atom. The summed E-state index contributed by atoms with van der Waals surface area (Å²) in [5, 5.41) is 14.0. The number of carbonyl (C=O) groups excluding carboxylic acids is 2. The number of hydrogen-bond donors (Lipinski definition) is 2. The Balaban J connectivity index is 1.65. The Morgan fingerprint density at radius 2 is 1.55 bits per heavy atom. The third kappa shape index (κ3) is 4.62. The molecule has 8 nitrogen and oxygen atoms in total. The van der Waals surface area contributed by atoms with Crippen LogP contribution >= 0.6 is 0 Å². The van der Waals surface area contributed by atoms with Crippen molar-refractivity contribution in [1.29, 1.82) is 0 Å². The van der Waals surface area contributed by atoms with Crippen LogP contribution in [0.15, 0.2) is 78.9 Å². The number of nitrogens with one attached hydrogen (secondary N) is 1. The van der Waals surface area contributed by atoms with Gasteiger partial charge < -0.3 is 14.6 Å². The van der Waals surface area contributed by atoms with Crippen LogP contribution in [0.4, 0.5) is 0 Å². The second-order valence-electron chi connectivity index (χ2n) is 11.4. The highest BCUT2D eigenvalue weighted by molar-refractivity contribution is 6.10. The lowest BCUT2D eigenvalue weighted by Gasteiger charge is -2.35. The molecule has 0 bridgehead atoms. The van der Waals surface area contributed by atoms with Gasteiger partial charge in [0.25, 0.3) is 0 Å². The molecule has 0 aromatic heterocycles. The summed E-state index contributed by atoms with van der Waals surface area (Å²) in [5.74, 6) is -3.26. The summed E-state index contributed by atoms with van der Waals surface area (Å²) in [6.07, 6.45) is 0.0298. The number of para-hydroxylation sites is 1. The number of nitrogens with zero attached hydrogens (tertiary/aromatic N) is 1. The number of carboxylic acid groups (broad SMARTS) is 1. The molecule has 2 amide bonds. The first kappa shape index (κ1) is 27.4. The molecule has 4 atom stereocenters. The zero-order chi connectivity index (χ0) is 28.7. The van der Waals surface area contributed by atoms with Gasteiger partial charge in [-0.25, -0.2) is 0 Å². The zero-order valence-corrected chi connectivity index (χ0v) is 23.1. The van der Waals surface area contributed by atoms with E-state index in [0.29, 0.717) is 17.1 Å². The number of carboxylic acids is 1. The van der Waals surface area contributed by atoms with E-state index in [0.717, 1.165) is 11.1 Å². The smallest absolute Gasteiger partial charge is 0.325 e. The molecular formula is C32H34N2O6. The average molecular weight is 543 g/mol. The van der Waals surface area contributed by atoms with Gasteiger partial charge in [0.05, 0.1) is 18.9 Å². The van der Waals surface area contributed by atoms with Crippen molar-refractivity contribution in [2.45, 2.75) is 50.9 Å². The Labute approximate surface area is 233 Å². The molecule has 0 saturated carbocycles. The summed E-state index contributed by atoms with van der Waals surface area (Å²) in [7, 11) is 1.53. The van der Waals surface area contributed by atoms with Crippen LogP contribution in [0, 0.1) is 11.8 Å². The second kappa shape index (κ2) is 10.4. The molecule has 4 unspecified atom stereocenters. The number of hydrogen-bond acceptors (Lipinski definition) is 6. The number of aliphatic carboxylic acids is 1. The number of carbonyl (C=O) groups is 3. The lowest BCUT2D eigenvalue weighted by Crippen LogP contribution is -2.58. The van der Waals surface area contributed by atoms with Crippen LogP contribution in [0.2, 0.25) is 0 Å². The molecule has 2 aliphatic heterocycles. The maximum absolute atomic E-state index is 14.0. The van der Waals surface area contributed by atoms with Gasteiger partial charge in [0.15, 0.2) is 11.5 Å². The Morgan fingerprint density at radius 3 is 2.12 bits per heavy atom. The van der Waals surface area contributed by atoms with E-state index in [1.807, 2.05) is 60.7 Å². The normalized spacial score (nSPS) is 24.2. The summed E-state index contributed by atoms with van der Waals surface area (Å²) in [6, 6.07) is 23.3. The summed E-state index contributed by atoms with van der Waals surface area (Å²) in [4.78, 5) is 42.4. The molecular weight excluding hydrogens is 508 g/mol. The maximum atomic E-state index is 14.0. The molecule has 2 N–H and O–H groups in total. The van der Waals surface area contributed by atoms with Crippen LogP contribution in [0.1, 0.15) is 43.5 Å². The summed E-state index contributed by atoms with van der Waals surface area (Å²) < 4.78 is 11.9. The van der Waals surface area contributed by atoms with Crippen LogP contribution < -0.4 is 14.8 Å². The fraction of sp³-hybridized carbons (Fsp3) is 0.344. The minimum atomic E-state index is -1.72. The molecule has 5 rings (SSSR count). The van der Waals surface area contributed by atoms with Gasteiger partial charge in [-0.2, -0.15) is 0 Å². The molecule has 2 saturated heterocycles. The third-order valence-electron chi connectivity index (χ3n) is 7.82. The standard InChI is InChI=1S/C32H34N2O6/c1-31(2,3)34-28(35)24-25(29(34)36)32(30(37)38,18-20-12-7-5-8-13-20)33-26(24)22-16-11-17-23(39-4)27(22)40-19-21-14-9-6-10-15-21/h5-17,24-26,33H,18-19H2,1-4H3,(H,37,38). The number of likely N-dealkylation sites (tertiary alicyclic amines) is 1. The predicted octanol–water partition coefficient (Wildman–Crippen LogP) is 4.38. The topological polar surface area (TPSA) is 105 Å². The van der Waals surface area contributed by atoms with E-state index < -0.39 is 46.7 Å². The van der Waals surface area contributed by atoms with Crippen molar-refractivity contribution in [2.75, 3.05) is 7.11 Å². The largest absolute Gasteiger partial charge is 0.493 e. The van der Waals surface area contributed by atoms with Gasteiger partial charge in [0.1, 0.15) is 12.1 Å². The van der Waals surface area contributed by atoms with Crippen LogP contribution in [0.25, 0.3) is 0 Å². The molecule has 208 valence electrons. The van der Waals surface area contributed by atoms with Gasteiger partial charge >= 0.3 is 5.97 Å². The van der Waals surface area contributed by atoms with E-state index in [9.17, 15) is 19.5 Å². The molecule has 2 heterocycles. The van der Waals surface area contributed by atoms with Crippen molar-refractivity contribution in [2.24, 2.45) is 11.8 Å². The molecule has 3 aromatic rings. The highest BCUT2D eigenvalue weighted by Crippen LogP contribution is 2.53. The highest BCUT2D eigenvalue weighted by atomic mass is 16.5. The second-order valence-corrected chi connectivity index (χ2v) is 11.4. The van der Waals surface area contributed by atoms with Crippen molar-refractivity contribution in [1.82, 2.24) is 10.2 Å². The number of benzene rings is 3. The van der Waals surface area contributed by atoms with Gasteiger partial charge in [-0.1, -0.05) is 72.8 Å². The van der Waals surface area contributed by atoms with E-state index in [1.54, 1.807) is 39.0 Å². The van der Waals surface area contributed by atoms with E-state index in [-0.39, 0.29) is 13.0 Å². The number of fused-ring (bicyclic) bond motifs is 1. The predicted molar refractivity (Wildman–Crippen MR) is 149 cm³/mol. The molecule has 2 aliphatic rings. The van der Waals surface area contributed by atoms with Crippen LogP contribution in [-0.2, 0) is 27.4 Å². The average Bonchev–Trinajstić information content (AvgIpc) is 3.41. The molecule has 0 aliphatic carbocycles. The summed E-state index contributed by atoms with van der Waals surface area (Å²) >= 11 is 0. The van der Waals surface area contributed by atoms with Gasteiger partial charge in [0.2, 0.25) is 11.8 Å². The van der Waals surface area contributed by atoms with Gasteiger partial charge in [-0.3, -0.25) is 24.6 Å². The first-order valence-corrected chi connectivity index (χ1v) is 13.3. The molecule has 3 aromatic carbocycles.